The Morgan fingerprint density at radius 1 is 1.28 bits per heavy atom. The van der Waals surface area contributed by atoms with E-state index >= 15 is 0 Å². The van der Waals surface area contributed by atoms with Crippen molar-refractivity contribution >= 4 is 16.9 Å². The maximum Gasteiger partial charge on any atom is 0.326 e. The lowest BCUT2D eigenvalue weighted by molar-refractivity contribution is -0.0692. The molecular formula is C20H25N3O2. The molecule has 1 N–H and O–H groups in total. The lowest BCUT2D eigenvalue weighted by Crippen LogP contribution is -2.68. The van der Waals surface area contributed by atoms with E-state index < -0.39 is 0 Å². The van der Waals surface area contributed by atoms with Crippen molar-refractivity contribution in [1.82, 2.24) is 14.5 Å². The van der Waals surface area contributed by atoms with Crippen molar-refractivity contribution in [3.05, 3.63) is 34.2 Å². The van der Waals surface area contributed by atoms with E-state index in [4.69, 9.17) is 0 Å². The van der Waals surface area contributed by atoms with Crippen molar-refractivity contribution in [2.24, 2.45) is 11.8 Å². The van der Waals surface area contributed by atoms with Crippen LogP contribution in [0.4, 0.5) is 0 Å². The van der Waals surface area contributed by atoms with Gasteiger partial charge in [0.05, 0.1) is 11.0 Å². The van der Waals surface area contributed by atoms with Gasteiger partial charge in [-0.05, 0) is 62.6 Å². The van der Waals surface area contributed by atoms with Crippen LogP contribution in [-0.4, -0.2) is 32.4 Å². The monoisotopic (exact) mass is 339 g/mol. The van der Waals surface area contributed by atoms with Crippen molar-refractivity contribution in [2.75, 3.05) is 6.54 Å². The van der Waals surface area contributed by atoms with Crippen LogP contribution in [0.5, 0.6) is 0 Å². The van der Waals surface area contributed by atoms with Crippen LogP contribution in [0.1, 0.15) is 55.8 Å². The molecule has 2 atom stereocenters. The fourth-order valence-electron chi connectivity index (χ4n) is 4.86. The van der Waals surface area contributed by atoms with Gasteiger partial charge in [0.1, 0.15) is 0 Å². The van der Waals surface area contributed by atoms with E-state index in [9.17, 15) is 9.59 Å². The normalized spacial score (nSPS) is 28.7. The highest BCUT2D eigenvalue weighted by atomic mass is 16.2. The number of benzene rings is 1. The van der Waals surface area contributed by atoms with E-state index in [2.05, 4.69) is 16.8 Å². The zero-order valence-corrected chi connectivity index (χ0v) is 14.8. The molecule has 5 rings (SSSR count). The van der Waals surface area contributed by atoms with Crippen LogP contribution in [0.2, 0.25) is 0 Å². The summed E-state index contributed by atoms with van der Waals surface area (Å²) in [4.78, 5) is 30.3. The van der Waals surface area contributed by atoms with Gasteiger partial charge in [0.25, 0.3) is 5.91 Å². The molecule has 1 aromatic carbocycles. The fraction of sp³-hybridized carbons (Fsp3) is 0.600. The molecule has 2 aliphatic carbocycles. The summed E-state index contributed by atoms with van der Waals surface area (Å²) in [7, 11) is 0. The number of H-pyrrole nitrogens is 1. The maximum atomic E-state index is 13.0. The van der Waals surface area contributed by atoms with Gasteiger partial charge in [-0.3, -0.25) is 9.36 Å². The number of nitrogens with zero attached hydrogens (tertiary/aromatic N) is 2. The van der Waals surface area contributed by atoms with E-state index in [1.54, 1.807) is 0 Å². The first-order chi connectivity index (χ1) is 12.1. The van der Waals surface area contributed by atoms with Crippen LogP contribution in [0.15, 0.2) is 23.0 Å². The average molecular weight is 339 g/mol. The maximum absolute atomic E-state index is 13.0. The Balaban J connectivity index is 1.45. The number of amides is 1. The van der Waals surface area contributed by atoms with Crippen molar-refractivity contribution in [2.45, 2.75) is 57.5 Å². The molecule has 3 fully saturated rings. The Kier molecular flexibility index (Phi) is 3.19. The molecule has 0 spiro atoms. The minimum Gasteiger partial charge on any atom is -0.333 e. The van der Waals surface area contributed by atoms with Crippen LogP contribution >= 0.6 is 0 Å². The molecule has 1 amide bonds. The topological polar surface area (TPSA) is 58.1 Å². The smallest absolute Gasteiger partial charge is 0.326 e. The first-order valence-electron chi connectivity index (χ1n) is 9.61. The van der Waals surface area contributed by atoms with Crippen molar-refractivity contribution in [3.63, 3.8) is 0 Å². The van der Waals surface area contributed by atoms with E-state index in [0.29, 0.717) is 17.4 Å². The molecule has 5 heteroatoms. The highest BCUT2D eigenvalue weighted by Crippen LogP contribution is 2.47. The molecule has 3 aliphatic rings. The molecule has 2 aromatic rings. The Morgan fingerprint density at radius 2 is 2.12 bits per heavy atom. The number of likely N-dealkylation sites (tertiary alicyclic amines) is 1. The minimum atomic E-state index is -0.0604. The quantitative estimate of drug-likeness (QED) is 0.934. The van der Waals surface area contributed by atoms with Gasteiger partial charge in [0, 0.05) is 24.2 Å². The second-order valence-electron chi connectivity index (χ2n) is 8.43. The van der Waals surface area contributed by atoms with Crippen molar-refractivity contribution in [1.29, 1.82) is 0 Å². The first kappa shape index (κ1) is 15.2. The van der Waals surface area contributed by atoms with Gasteiger partial charge < -0.3 is 9.88 Å². The van der Waals surface area contributed by atoms with E-state index in [0.717, 1.165) is 30.5 Å². The molecular weight excluding hydrogens is 314 g/mol. The fourth-order valence-corrected chi connectivity index (χ4v) is 4.86. The van der Waals surface area contributed by atoms with Crippen LogP contribution in [0, 0.1) is 11.8 Å². The summed E-state index contributed by atoms with van der Waals surface area (Å²) in [5.74, 6) is 1.41. The molecule has 1 saturated heterocycles. The Morgan fingerprint density at radius 3 is 2.88 bits per heavy atom. The SMILES string of the molecule is C[C@]12CCCC[C@H]1CN2C(=O)c1ccc2c(c1)[nH]c(=O)n2CC1CC1. The standard InChI is InChI=1S/C20H25N3O2/c1-20-9-3-2-4-15(20)12-23(20)18(24)14-7-8-17-16(10-14)21-19(25)22(17)11-13-5-6-13/h7-8,10,13,15H,2-6,9,11-12H2,1H3,(H,21,25)/t15-,20-/m0/s1. The zero-order chi connectivity index (χ0) is 17.2. The second kappa shape index (κ2) is 5.23. The Labute approximate surface area is 147 Å². The summed E-state index contributed by atoms with van der Waals surface area (Å²) in [6.07, 6.45) is 7.29. The van der Waals surface area contributed by atoms with Gasteiger partial charge >= 0.3 is 5.69 Å². The van der Waals surface area contributed by atoms with E-state index in [-0.39, 0.29) is 17.1 Å². The van der Waals surface area contributed by atoms with Gasteiger partial charge in [-0.1, -0.05) is 12.8 Å². The first-order valence-corrected chi connectivity index (χ1v) is 9.61. The molecule has 5 nitrogen and oxygen atoms in total. The highest BCUT2D eigenvalue weighted by molar-refractivity contribution is 5.98. The molecule has 25 heavy (non-hydrogen) atoms. The molecule has 1 aromatic heterocycles. The van der Waals surface area contributed by atoms with Crippen molar-refractivity contribution in [3.8, 4) is 0 Å². The van der Waals surface area contributed by atoms with Crippen LogP contribution in [-0.2, 0) is 6.54 Å². The predicted octanol–water partition coefficient (Wildman–Crippen LogP) is 3.14. The minimum absolute atomic E-state index is 0.0373. The Hall–Kier alpha value is -2.04. The molecule has 1 aliphatic heterocycles. The number of hydrogen-bond acceptors (Lipinski definition) is 2. The lowest BCUT2D eigenvalue weighted by atomic mass is 9.66. The van der Waals surface area contributed by atoms with Crippen LogP contribution in [0.25, 0.3) is 11.0 Å². The van der Waals surface area contributed by atoms with Gasteiger partial charge in [0.2, 0.25) is 0 Å². The number of aromatic amines is 1. The zero-order valence-electron chi connectivity index (χ0n) is 14.8. The number of nitrogens with one attached hydrogen (secondary N) is 1. The Bertz CT molecular complexity index is 907. The molecule has 0 radical (unpaired) electrons. The third kappa shape index (κ3) is 2.28. The summed E-state index contributed by atoms with van der Waals surface area (Å²) in [6.45, 7) is 3.91. The van der Waals surface area contributed by atoms with Crippen molar-refractivity contribution < 1.29 is 4.79 Å². The van der Waals surface area contributed by atoms with Gasteiger partial charge in [-0.2, -0.15) is 0 Å². The van der Waals surface area contributed by atoms with Gasteiger partial charge in [-0.25, -0.2) is 4.79 Å². The average Bonchev–Trinajstić information content (AvgIpc) is 3.35. The number of imidazole rings is 1. The van der Waals surface area contributed by atoms with Crippen LogP contribution in [0.3, 0.4) is 0 Å². The molecule has 132 valence electrons. The number of fused-ring (bicyclic) bond motifs is 2. The molecule has 0 unspecified atom stereocenters. The van der Waals surface area contributed by atoms with E-state index in [1.165, 1.54) is 32.1 Å². The van der Waals surface area contributed by atoms with Crippen LogP contribution < -0.4 is 5.69 Å². The molecule has 0 bridgehead atoms. The number of rotatable bonds is 3. The summed E-state index contributed by atoms with van der Waals surface area (Å²) >= 11 is 0. The summed E-state index contributed by atoms with van der Waals surface area (Å²) < 4.78 is 1.82. The third-order valence-corrected chi connectivity index (χ3v) is 6.79. The lowest BCUT2D eigenvalue weighted by Gasteiger charge is -2.59. The summed E-state index contributed by atoms with van der Waals surface area (Å²) in [5, 5.41) is 0. The predicted molar refractivity (Wildman–Crippen MR) is 96.7 cm³/mol. The largest absolute Gasteiger partial charge is 0.333 e. The molecule has 2 heterocycles. The summed E-state index contributed by atoms with van der Waals surface area (Å²) in [6, 6.07) is 5.69. The third-order valence-electron chi connectivity index (χ3n) is 6.79. The number of aromatic nitrogens is 2. The van der Waals surface area contributed by atoms with Gasteiger partial charge in [-0.15, -0.1) is 0 Å². The number of carbonyl (C=O) groups is 1. The second-order valence-corrected chi connectivity index (χ2v) is 8.43. The van der Waals surface area contributed by atoms with E-state index in [1.807, 2.05) is 22.8 Å². The van der Waals surface area contributed by atoms with Gasteiger partial charge in [0.15, 0.2) is 0 Å². The summed E-state index contributed by atoms with van der Waals surface area (Å²) in [5.41, 5.74) is 2.36. The number of carbonyl (C=O) groups excluding carboxylic acids is 1. The molecule has 2 saturated carbocycles. The number of hydrogen-bond donors (Lipinski definition) is 1. The highest BCUT2D eigenvalue weighted by Gasteiger charge is 2.52.